The van der Waals surface area contributed by atoms with Gasteiger partial charge in [0.05, 0.1) is 17.5 Å². The summed E-state index contributed by atoms with van der Waals surface area (Å²) in [5.74, 6) is 0.522. The molecule has 2 fully saturated rings. The molecule has 148 valence electrons. The summed E-state index contributed by atoms with van der Waals surface area (Å²) in [5.41, 5.74) is 2.14. The molecule has 0 radical (unpaired) electrons. The summed E-state index contributed by atoms with van der Waals surface area (Å²) < 4.78 is 24.3. The van der Waals surface area contributed by atoms with E-state index in [0.717, 1.165) is 18.5 Å². The minimum Gasteiger partial charge on any atom is -0.316 e. The molecule has 1 amide bonds. The molecule has 5 nitrogen and oxygen atoms in total. The monoisotopic (exact) mass is 408 g/mol. The van der Waals surface area contributed by atoms with E-state index in [1.54, 1.807) is 0 Å². The van der Waals surface area contributed by atoms with Gasteiger partial charge in [-0.25, -0.2) is 8.42 Å². The van der Waals surface area contributed by atoms with Gasteiger partial charge in [0.25, 0.3) is 5.91 Å². The van der Waals surface area contributed by atoms with E-state index in [2.05, 4.69) is 31.0 Å². The maximum Gasteiger partial charge on any atom is 0.251 e. The van der Waals surface area contributed by atoms with Crippen LogP contribution < -0.4 is 4.90 Å². The Morgan fingerprint density at radius 3 is 2.37 bits per heavy atom. The highest BCUT2D eigenvalue weighted by Gasteiger charge is 2.49. The van der Waals surface area contributed by atoms with Gasteiger partial charge in [-0.15, -0.1) is 0 Å². The Kier molecular flexibility index (Phi) is 6.01. The minimum atomic E-state index is -3.05. The van der Waals surface area contributed by atoms with Gasteiger partial charge < -0.3 is 4.90 Å². The Hall–Kier alpha value is -1.34. The maximum atomic E-state index is 12.6. The van der Waals surface area contributed by atoms with E-state index in [4.69, 9.17) is 0 Å². The van der Waals surface area contributed by atoms with Crippen molar-refractivity contribution in [3.05, 3.63) is 29.8 Å². The van der Waals surface area contributed by atoms with Crippen LogP contribution in [-0.4, -0.2) is 42.3 Å². The highest BCUT2D eigenvalue weighted by atomic mass is 32.2. The van der Waals surface area contributed by atoms with Crippen LogP contribution in [0.1, 0.15) is 52.0 Å². The first-order valence-electron chi connectivity index (χ1n) is 9.64. The zero-order valence-corrected chi connectivity index (χ0v) is 18.0. The second kappa shape index (κ2) is 7.95. The first kappa shape index (κ1) is 20.4. The van der Waals surface area contributed by atoms with Crippen LogP contribution in [0.5, 0.6) is 0 Å². The van der Waals surface area contributed by atoms with Gasteiger partial charge in [0, 0.05) is 16.9 Å². The summed E-state index contributed by atoms with van der Waals surface area (Å²) in [5, 5.41) is 0.585. The molecule has 2 heterocycles. The molecule has 0 bridgehead atoms. The van der Waals surface area contributed by atoms with Crippen LogP contribution in [-0.2, 0) is 14.6 Å². The molecule has 0 aliphatic carbocycles. The summed E-state index contributed by atoms with van der Waals surface area (Å²) in [6.45, 7) is 8.28. The smallest absolute Gasteiger partial charge is 0.251 e. The molecule has 0 N–H and O–H groups in total. The number of nitrogens with zero attached hydrogens (tertiary/aromatic N) is 2. The number of carbonyl (C=O) groups is 1. The van der Waals surface area contributed by atoms with E-state index in [-0.39, 0.29) is 34.6 Å². The van der Waals surface area contributed by atoms with Gasteiger partial charge in [-0.3, -0.25) is 4.79 Å². The fraction of sp³-hybridized carbons (Fsp3) is 0.600. The number of rotatable bonds is 5. The summed E-state index contributed by atoms with van der Waals surface area (Å²) in [6.07, 6.45) is 1.53. The fourth-order valence-corrected chi connectivity index (χ4v) is 7.63. The van der Waals surface area contributed by atoms with Crippen LogP contribution in [0.2, 0.25) is 0 Å². The van der Waals surface area contributed by atoms with Crippen molar-refractivity contribution < 1.29 is 13.2 Å². The molecule has 1 aromatic carbocycles. The molecule has 0 spiro atoms. The van der Waals surface area contributed by atoms with Gasteiger partial charge in [0.1, 0.15) is 0 Å². The standard InChI is InChI=1S/C20H28N2O3S2/c1-5-14(6-2)19(23)21-20-22(16-9-7-15(8-10-16)13(3)4)17-11-27(24,25)12-18(17)26-20/h7-10,13-14,17-18H,5-6,11-12H2,1-4H3/t17-,18-/m0/s1. The molecular weight excluding hydrogens is 380 g/mol. The first-order valence-corrected chi connectivity index (χ1v) is 12.3. The van der Waals surface area contributed by atoms with Crippen LogP contribution in [0.25, 0.3) is 0 Å². The summed E-state index contributed by atoms with van der Waals surface area (Å²) in [7, 11) is -3.05. The van der Waals surface area contributed by atoms with E-state index in [1.807, 2.05) is 30.9 Å². The van der Waals surface area contributed by atoms with E-state index in [1.165, 1.54) is 17.3 Å². The average molecular weight is 409 g/mol. The molecule has 2 aliphatic heterocycles. The number of hydrogen-bond donors (Lipinski definition) is 0. The summed E-state index contributed by atoms with van der Waals surface area (Å²) in [4.78, 5) is 19.0. The van der Waals surface area contributed by atoms with Gasteiger partial charge in [0.2, 0.25) is 0 Å². The summed E-state index contributed by atoms with van der Waals surface area (Å²) >= 11 is 1.44. The molecule has 2 atom stereocenters. The third-order valence-corrected chi connectivity index (χ3v) is 8.65. The zero-order valence-electron chi connectivity index (χ0n) is 16.4. The number of aliphatic imine (C=N–C) groups is 1. The topological polar surface area (TPSA) is 66.8 Å². The van der Waals surface area contributed by atoms with Crippen LogP contribution in [0.3, 0.4) is 0 Å². The lowest BCUT2D eigenvalue weighted by Crippen LogP contribution is -2.37. The Labute approximate surface area is 166 Å². The number of carbonyl (C=O) groups excluding carboxylic acids is 1. The predicted molar refractivity (Wildman–Crippen MR) is 113 cm³/mol. The van der Waals surface area contributed by atoms with Gasteiger partial charge in [0.15, 0.2) is 15.0 Å². The Bertz CT molecular complexity index is 827. The van der Waals surface area contributed by atoms with Crippen molar-refractivity contribution in [3.63, 3.8) is 0 Å². The van der Waals surface area contributed by atoms with Crippen molar-refractivity contribution in [3.8, 4) is 0 Å². The van der Waals surface area contributed by atoms with E-state index < -0.39 is 9.84 Å². The Morgan fingerprint density at radius 1 is 1.19 bits per heavy atom. The molecule has 2 saturated heterocycles. The fourth-order valence-electron chi connectivity index (χ4n) is 3.71. The lowest BCUT2D eigenvalue weighted by Gasteiger charge is -2.25. The lowest BCUT2D eigenvalue weighted by molar-refractivity contribution is -0.121. The molecular formula is C20H28N2O3S2. The molecule has 2 aliphatic rings. The van der Waals surface area contributed by atoms with Crippen molar-refractivity contribution in [2.24, 2.45) is 10.9 Å². The maximum absolute atomic E-state index is 12.6. The van der Waals surface area contributed by atoms with Crippen LogP contribution >= 0.6 is 11.8 Å². The number of thioether (sulfide) groups is 1. The van der Waals surface area contributed by atoms with Crippen molar-refractivity contribution >= 4 is 38.4 Å². The average Bonchev–Trinajstić information content (AvgIpc) is 3.06. The van der Waals surface area contributed by atoms with Gasteiger partial charge in [-0.05, 0) is 36.5 Å². The third-order valence-electron chi connectivity index (χ3n) is 5.45. The predicted octanol–water partition coefficient (Wildman–Crippen LogP) is 3.85. The van der Waals surface area contributed by atoms with Gasteiger partial charge in [-0.2, -0.15) is 4.99 Å². The Balaban J connectivity index is 1.96. The number of benzene rings is 1. The third kappa shape index (κ3) is 4.24. The highest BCUT2D eigenvalue weighted by molar-refractivity contribution is 8.16. The Morgan fingerprint density at radius 2 is 1.81 bits per heavy atom. The number of anilines is 1. The molecule has 0 aromatic heterocycles. The lowest BCUT2D eigenvalue weighted by atomic mass is 10.0. The second-order valence-electron chi connectivity index (χ2n) is 7.66. The molecule has 3 rings (SSSR count). The van der Waals surface area contributed by atoms with Crippen LogP contribution in [0.15, 0.2) is 29.3 Å². The number of hydrogen-bond acceptors (Lipinski definition) is 4. The van der Waals surface area contributed by atoms with Gasteiger partial charge in [-0.1, -0.05) is 51.6 Å². The number of amides is 1. The quantitative estimate of drug-likeness (QED) is 0.740. The largest absolute Gasteiger partial charge is 0.316 e. The second-order valence-corrected chi connectivity index (χ2v) is 11.0. The summed E-state index contributed by atoms with van der Waals surface area (Å²) in [6, 6.07) is 8.02. The zero-order chi connectivity index (χ0) is 19.8. The first-order chi connectivity index (χ1) is 12.8. The van der Waals surface area contributed by atoms with Crippen molar-refractivity contribution in [2.45, 2.75) is 57.7 Å². The van der Waals surface area contributed by atoms with E-state index in [0.29, 0.717) is 11.1 Å². The van der Waals surface area contributed by atoms with Crippen molar-refractivity contribution in [2.75, 3.05) is 16.4 Å². The molecule has 0 saturated carbocycles. The van der Waals surface area contributed by atoms with Crippen molar-refractivity contribution in [1.82, 2.24) is 0 Å². The normalized spacial score (nSPS) is 25.6. The van der Waals surface area contributed by atoms with Gasteiger partial charge >= 0.3 is 0 Å². The number of fused-ring (bicyclic) bond motifs is 1. The molecule has 0 unspecified atom stereocenters. The van der Waals surface area contributed by atoms with Crippen LogP contribution in [0, 0.1) is 5.92 Å². The van der Waals surface area contributed by atoms with E-state index >= 15 is 0 Å². The molecule has 7 heteroatoms. The van der Waals surface area contributed by atoms with Crippen LogP contribution in [0.4, 0.5) is 5.69 Å². The minimum absolute atomic E-state index is 0.0620. The highest BCUT2D eigenvalue weighted by Crippen LogP contribution is 2.41. The SMILES string of the molecule is CCC(CC)C(=O)N=C1S[C@H]2CS(=O)(=O)C[C@@H]2N1c1ccc(C(C)C)cc1. The molecule has 27 heavy (non-hydrogen) atoms. The molecule has 1 aromatic rings. The van der Waals surface area contributed by atoms with Crippen molar-refractivity contribution in [1.29, 1.82) is 0 Å². The number of sulfone groups is 1. The number of amidine groups is 1. The van der Waals surface area contributed by atoms with E-state index in [9.17, 15) is 13.2 Å².